The molecule has 0 spiro atoms. The van der Waals surface area contributed by atoms with Gasteiger partial charge >= 0.3 is 0 Å². The minimum absolute atomic E-state index is 0.652. The molecular weight excluding hydrogens is 196 g/mol. The van der Waals surface area contributed by atoms with E-state index >= 15 is 0 Å². The van der Waals surface area contributed by atoms with Crippen molar-refractivity contribution in [3.05, 3.63) is 17.5 Å². The smallest absolute Gasteiger partial charge is 0.150 e. The van der Waals surface area contributed by atoms with Gasteiger partial charge in [-0.1, -0.05) is 5.16 Å². The summed E-state index contributed by atoms with van der Waals surface area (Å²) in [5.41, 5.74) is 0.958. The summed E-state index contributed by atoms with van der Waals surface area (Å²) >= 11 is 2.03. The predicted octanol–water partition coefficient (Wildman–Crippen LogP) is 1.97. The van der Waals surface area contributed by atoms with Gasteiger partial charge in [0.05, 0.1) is 12.2 Å². The zero-order valence-electron chi connectivity index (χ0n) is 8.45. The van der Waals surface area contributed by atoms with Gasteiger partial charge in [-0.05, 0) is 25.5 Å². The van der Waals surface area contributed by atoms with E-state index in [0.717, 1.165) is 18.0 Å². The highest BCUT2D eigenvalue weighted by Gasteiger charge is 2.13. The van der Waals surface area contributed by atoms with Crippen molar-refractivity contribution < 1.29 is 4.52 Å². The summed E-state index contributed by atoms with van der Waals surface area (Å²) in [6, 6.07) is 2.64. The minimum Gasteiger partial charge on any atom is -0.360 e. The highest BCUT2D eigenvalue weighted by atomic mass is 32.2. The predicted molar refractivity (Wildman–Crippen MR) is 58.4 cm³/mol. The van der Waals surface area contributed by atoms with Crippen LogP contribution in [0.2, 0.25) is 0 Å². The normalized spacial score (nSPS) is 22.5. The van der Waals surface area contributed by atoms with Crippen LogP contribution in [0.25, 0.3) is 0 Å². The van der Waals surface area contributed by atoms with Crippen LogP contribution in [-0.4, -0.2) is 22.7 Å². The van der Waals surface area contributed by atoms with Gasteiger partial charge in [0.25, 0.3) is 0 Å². The highest BCUT2D eigenvalue weighted by Crippen LogP contribution is 2.17. The number of nitrogens with one attached hydrogen (secondary N) is 1. The Morgan fingerprint density at radius 2 is 2.64 bits per heavy atom. The van der Waals surface area contributed by atoms with E-state index in [4.69, 9.17) is 4.52 Å². The summed E-state index contributed by atoms with van der Waals surface area (Å²) in [7, 11) is 0. The van der Waals surface area contributed by atoms with Crippen molar-refractivity contribution >= 4 is 11.8 Å². The van der Waals surface area contributed by atoms with E-state index in [1.165, 1.54) is 24.3 Å². The Labute approximate surface area is 88.6 Å². The maximum atomic E-state index is 5.14. The van der Waals surface area contributed by atoms with E-state index in [2.05, 4.69) is 10.5 Å². The topological polar surface area (TPSA) is 38.1 Å². The standard InChI is InChI=1S/C10H16N2OS/c1-8-5-10(13-12-8)6-11-9-3-2-4-14-7-9/h5,9,11H,2-4,6-7H2,1H3. The van der Waals surface area contributed by atoms with Gasteiger partial charge in [-0.25, -0.2) is 0 Å². The summed E-state index contributed by atoms with van der Waals surface area (Å²) in [4.78, 5) is 0. The van der Waals surface area contributed by atoms with Gasteiger partial charge in [0.1, 0.15) is 0 Å². The molecule has 1 fully saturated rings. The van der Waals surface area contributed by atoms with Crippen molar-refractivity contribution in [2.45, 2.75) is 32.4 Å². The number of hydrogen-bond acceptors (Lipinski definition) is 4. The quantitative estimate of drug-likeness (QED) is 0.831. The monoisotopic (exact) mass is 212 g/mol. The largest absolute Gasteiger partial charge is 0.360 e. The Morgan fingerprint density at radius 3 is 3.29 bits per heavy atom. The first-order chi connectivity index (χ1) is 6.84. The molecule has 1 aliphatic heterocycles. The maximum Gasteiger partial charge on any atom is 0.150 e. The molecular formula is C10H16N2OS. The Morgan fingerprint density at radius 1 is 1.71 bits per heavy atom. The van der Waals surface area contributed by atoms with Gasteiger partial charge < -0.3 is 9.84 Å². The first kappa shape index (κ1) is 10.1. The van der Waals surface area contributed by atoms with Crippen molar-refractivity contribution in [1.82, 2.24) is 10.5 Å². The second-order valence-electron chi connectivity index (χ2n) is 3.73. The first-order valence-corrected chi connectivity index (χ1v) is 6.23. The van der Waals surface area contributed by atoms with Crippen molar-refractivity contribution in [3.8, 4) is 0 Å². The number of thioether (sulfide) groups is 1. The molecule has 4 heteroatoms. The first-order valence-electron chi connectivity index (χ1n) is 5.08. The van der Waals surface area contributed by atoms with Gasteiger partial charge in [-0.2, -0.15) is 11.8 Å². The number of aromatic nitrogens is 1. The molecule has 0 aromatic carbocycles. The third-order valence-electron chi connectivity index (χ3n) is 2.40. The van der Waals surface area contributed by atoms with Crippen LogP contribution in [0, 0.1) is 6.92 Å². The van der Waals surface area contributed by atoms with Crippen LogP contribution in [0.4, 0.5) is 0 Å². The second kappa shape index (κ2) is 4.84. The molecule has 3 nitrogen and oxygen atoms in total. The van der Waals surface area contributed by atoms with Crippen molar-refractivity contribution in [2.75, 3.05) is 11.5 Å². The summed E-state index contributed by atoms with van der Waals surface area (Å²) in [6.45, 7) is 2.76. The highest BCUT2D eigenvalue weighted by molar-refractivity contribution is 7.99. The van der Waals surface area contributed by atoms with Gasteiger partial charge in [0.2, 0.25) is 0 Å². The van der Waals surface area contributed by atoms with Gasteiger partial charge in [-0.3, -0.25) is 0 Å². The zero-order chi connectivity index (χ0) is 9.80. The van der Waals surface area contributed by atoms with Crippen LogP contribution in [0.3, 0.4) is 0 Å². The molecule has 1 aromatic rings. The van der Waals surface area contributed by atoms with Crippen LogP contribution < -0.4 is 5.32 Å². The molecule has 2 heterocycles. The molecule has 1 aromatic heterocycles. The number of hydrogen-bond donors (Lipinski definition) is 1. The van der Waals surface area contributed by atoms with Gasteiger partial charge in [-0.15, -0.1) is 0 Å². The molecule has 0 saturated carbocycles. The molecule has 1 aliphatic rings. The molecule has 1 saturated heterocycles. The fourth-order valence-electron chi connectivity index (χ4n) is 1.65. The second-order valence-corrected chi connectivity index (χ2v) is 4.88. The van der Waals surface area contributed by atoms with Crippen LogP contribution in [0.15, 0.2) is 10.6 Å². The third kappa shape index (κ3) is 2.75. The summed E-state index contributed by atoms with van der Waals surface area (Å²) in [5.74, 6) is 3.49. The average Bonchev–Trinajstić information content (AvgIpc) is 2.63. The van der Waals surface area contributed by atoms with Crippen molar-refractivity contribution in [3.63, 3.8) is 0 Å². The maximum absolute atomic E-state index is 5.14. The van der Waals surface area contributed by atoms with Crippen molar-refractivity contribution in [2.24, 2.45) is 0 Å². The van der Waals surface area contributed by atoms with Crippen LogP contribution in [-0.2, 0) is 6.54 Å². The lowest BCUT2D eigenvalue weighted by molar-refractivity contribution is 0.359. The van der Waals surface area contributed by atoms with Crippen LogP contribution in [0.5, 0.6) is 0 Å². The SMILES string of the molecule is Cc1cc(CNC2CCCSC2)on1. The van der Waals surface area contributed by atoms with E-state index in [1.807, 2.05) is 24.8 Å². The van der Waals surface area contributed by atoms with E-state index in [0.29, 0.717) is 6.04 Å². The summed E-state index contributed by atoms with van der Waals surface area (Å²) in [6.07, 6.45) is 2.62. The third-order valence-corrected chi connectivity index (χ3v) is 3.62. The minimum atomic E-state index is 0.652. The Kier molecular flexibility index (Phi) is 3.48. The van der Waals surface area contributed by atoms with Gasteiger partial charge in [0.15, 0.2) is 5.76 Å². The molecule has 14 heavy (non-hydrogen) atoms. The van der Waals surface area contributed by atoms with Crippen molar-refractivity contribution in [1.29, 1.82) is 0 Å². The van der Waals surface area contributed by atoms with E-state index < -0.39 is 0 Å². The zero-order valence-corrected chi connectivity index (χ0v) is 9.27. The van der Waals surface area contributed by atoms with Gasteiger partial charge in [0, 0.05) is 17.9 Å². The van der Waals surface area contributed by atoms with E-state index in [1.54, 1.807) is 0 Å². The molecule has 1 N–H and O–H groups in total. The molecule has 2 rings (SSSR count). The lowest BCUT2D eigenvalue weighted by atomic mass is 10.2. The Bertz CT molecular complexity index is 281. The summed E-state index contributed by atoms with van der Waals surface area (Å²) in [5, 5.41) is 7.36. The fourth-order valence-corrected chi connectivity index (χ4v) is 2.75. The molecule has 0 radical (unpaired) electrons. The number of rotatable bonds is 3. The Hall–Kier alpha value is -0.480. The molecule has 0 bridgehead atoms. The number of nitrogens with zero attached hydrogens (tertiary/aromatic N) is 1. The molecule has 78 valence electrons. The number of aryl methyl sites for hydroxylation is 1. The van der Waals surface area contributed by atoms with Crippen LogP contribution >= 0.6 is 11.8 Å². The van der Waals surface area contributed by atoms with E-state index in [9.17, 15) is 0 Å². The molecule has 1 unspecified atom stereocenters. The molecule has 1 atom stereocenters. The lowest BCUT2D eigenvalue weighted by Gasteiger charge is -2.21. The van der Waals surface area contributed by atoms with E-state index in [-0.39, 0.29) is 0 Å². The molecule has 0 aliphatic carbocycles. The van der Waals surface area contributed by atoms with Crippen LogP contribution in [0.1, 0.15) is 24.3 Å². The molecule has 0 amide bonds. The lowest BCUT2D eigenvalue weighted by Crippen LogP contribution is -2.33. The fraction of sp³-hybridized carbons (Fsp3) is 0.700. The Balaban J connectivity index is 1.76. The summed E-state index contributed by atoms with van der Waals surface area (Å²) < 4.78 is 5.14. The average molecular weight is 212 g/mol.